The van der Waals surface area contributed by atoms with Crippen molar-refractivity contribution in [2.75, 3.05) is 5.88 Å². The molecule has 1 aromatic carbocycles. The first-order chi connectivity index (χ1) is 9.35. The van der Waals surface area contributed by atoms with Crippen LogP contribution in [0.4, 0.5) is 4.39 Å². The molecule has 0 saturated carbocycles. The molecule has 0 unspecified atom stereocenters. The standard InChI is InChI=1S/C14H17ClFN3O/c1-14(2,8-12(17)20)19-11-7-9(16)3-4-10(11)18-13(19)5-6-15/h3-4,7H,5-6,8H2,1-2H3,(H2,17,20). The van der Waals surface area contributed by atoms with E-state index in [1.807, 2.05) is 18.4 Å². The Balaban J connectivity index is 2.66. The summed E-state index contributed by atoms with van der Waals surface area (Å²) in [6.07, 6.45) is 0.685. The fourth-order valence-corrected chi connectivity index (χ4v) is 2.70. The molecule has 2 aromatic rings. The molecule has 0 aliphatic heterocycles. The van der Waals surface area contributed by atoms with Gasteiger partial charge in [0.15, 0.2) is 0 Å². The largest absolute Gasteiger partial charge is 0.370 e. The molecule has 108 valence electrons. The first-order valence-electron chi connectivity index (χ1n) is 6.37. The van der Waals surface area contributed by atoms with Gasteiger partial charge in [-0.1, -0.05) is 0 Å². The Kier molecular flexibility index (Phi) is 3.99. The van der Waals surface area contributed by atoms with Crippen LogP contribution in [0.1, 0.15) is 26.1 Å². The highest BCUT2D eigenvalue weighted by molar-refractivity contribution is 6.17. The van der Waals surface area contributed by atoms with Crippen molar-refractivity contribution < 1.29 is 9.18 Å². The van der Waals surface area contributed by atoms with Gasteiger partial charge in [-0.05, 0) is 32.0 Å². The number of carbonyl (C=O) groups excluding carboxylic acids is 1. The molecular weight excluding hydrogens is 281 g/mol. The first-order valence-corrected chi connectivity index (χ1v) is 6.90. The fourth-order valence-electron chi connectivity index (χ4n) is 2.53. The van der Waals surface area contributed by atoms with Crippen molar-refractivity contribution in [3.8, 4) is 0 Å². The minimum atomic E-state index is -0.588. The Labute approximate surface area is 121 Å². The van der Waals surface area contributed by atoms with Crippen LogP contribution >= 0.6 is 11.6 Å². The molecule has 0 saturated heterocycles. The second-order valence-electron chi connectivity index (χ2n) is 5.39. The molecule has 2 N–H and O–H groups in total. The quantitative estimate of drug-likeness (QED) is 0.862. The monoisotopic (exact) mass is 297 g/mol. The number of benzene rings is 1. The number of hydrogen-bond acceptors (Lipinski definition) is 2. The molecule has 0 spiro atoms. The smallest absolute Gasteiger partial charge is 0.219 e. The van der Waals surface area contributed by atoms with Gasteiger partial charge in [0.1, 0.15) is 11.6 Å². The van der Waals surface area contributed by atoms with Crippen molar-refractivity contribution in [2.24, 2.45) is 5.73 Å². The molecule has 6 heteroatoms. The Hall–Kier alpha value is -1.62. The van der Waals surface area contributed by atoms with Gasteiger partial charge in [-0.2, -0.15) is 0 Å². The minimum absolute atomic E-state index is 0.143. The first kappa shape index (κ1) is 14.8. The number of carbonyl (C=O) groups is 1. The van der Waals surface area contributed by atoms with Crippen LogP contribution in [0.3, 0.4) is 0 Å². The van der Waals surface area contributed by atoms with Gasteiger partial charge in [0, 0.05) is 24.3 Å². The maximum Gasteiger partial charge on any atom is 0.219 e. The number of aromatic nitrogens is 2. The van der Waals surface area contributed by atoms with E-state index in [-0.39, 0.29) is 12.2 Å². The van der Waals surface area contributed by atoms with Crippen LogP contribution in [0.25, 0.3) is 11.0 Å². The summed E-state index contributed by atoms with van der Waals surface area (Å²) in [5, 5.41) is 0. The molecule has 0 aliphatic rings. The van der Waals surface area contributed by atoms with Crippen LogP contribution in [0.5, 0.6) is 0 Å². The van der Waals surface area contributed by atoms with Crippen molar-refractivity contribution >= 4 is 28.5 Å². The summed E-state index contributed by atoms with van der Waals surface area (Å²) in [5.74, 6) is 0.376. The lowest BCUT2D eigenvalue weighted by atomic mass is 9.99. The third kappa shape index (κ3) is 2.77. The number of hydrogen-bond donors (Lipinski definition) is 1. The number of nitrogens with zero attached hydrogens (tertiary/aromatic N) is 2. The van der Waals surface area contributed by atoms with Gasteiger partial charge in [0.25, 0.3) is 0 Å². The molecule has 0 fully saturated rings. The molecule has 1 aromatic heterocycles. The average molecular weight is 298 g/mol. The zero-order chi connectivity index (χ0) is 14.9. The fraction of sp³-hybridized carbons (Fsp3) is 0.429. The van der Waals surface area contributed by atoms with Crippen LogP contribution in [0.15, 0.2) is 18.2 Å². The van der Waals surface area contributed by atoms with E-state index >= 15 is 0 Å². The Morgan fingerprint density at radius 1 is 1.50 bits per heavy atom. The normalized spacial score (nSPS) is 12.0. The lowest BCUT2D eigenvalue weighted by Crippen LogP contribution is -2.33. The number of aryl methyl sites for hydroxylation is 1. The van der Waals surface area contributed by atoms with Gasteiger partial charge in [0.2, 0.25) is 5.91 Å². The van der Waals surface area contributed by atoms with E-state index in [2.05, 4.69) is 4.98 Å². The number of amides is 1. The zero-order valence-electron chi connectivity index (χ0n) is 11.5. The van der Waals surface area contributed by atoms with Crippen molar-refractivity contribution in [1.29, 1.82) is 0 Å². The van der Waals surface area contributed by atoms with Crippen LogP contribution in [0, 0.1) is 5.82 Å². The minimum Gasteiger partial charge on any atom is -0.370 e. The number of fused-ring (bicyclic) bond motifs is 1. The molecule has 0 atom stereocenters. The number of primary amides is 1. The molecule has 4 nitrogen and oxygen atoms in total. The third-order valence-electron chi connectivity index (χ3n) is 3.22. The lowest BCUT2D eigenvalue weighted by molar-refractivity contribution is -0.119. The second-order valence-corrected chi connectivity index (χ2v) is 5.77. The highest BCUT2D eigenvalue weighted by Crippen LogP contribution is 2.29. The van der Waals surface area contributed by atoms with E-state index < -0.39 is 11.4 Å². The molecule has 0 bridgehead atoms. The summed E-state index contributed by atoms with van der Waals surface area (Å²) >= 11 is 5.80. The van der Waals surface area contributed by atoms with Gasteiger partial charge in [-0.15, -0.1) is 11.6 Å². The summed E-state index contributed by atoms with van der Waals surface area (Å²) in [6.45, 7) is 3.75. The summed E-state index contributed by atoms with van der Waals surface area (Å²) in [6, 6.07) is 4.41. The topological polar surface area (TPSA) is 60.9 Å². The molecule has 20 heavy (non-hydrogen) atoms. The average Bonchev–Trinajstić information content (AvgIpc) is 2.65. The summed E-state index contributed by atoms with van der Waals surface area (Å²) in [7, 11) is 0. The van der Waals surface area contributed by atoms with Gasteiger partial charge < -0.3 is 10.3 Å². The molecule has 0 radical (unpaired) electrons. The zero-order valence-corrected chi connectivity index (χ0v) is 12.2. The molecule has 1 heterocycles. The number of nitrogens with two attached hydrogens (primary N) is 1. The highest BCUT2D eigenvalue weighted by atomic mass is 35.5. The van der Waals surface area contributed by atoms with E-state index in [1.54, 1.807) is 6.07 Å². The Morgan fingerprint density at radius 3 is 2.80 bits per heavy atom. The van der Waals surface area contributed by atoms with Crippen LogP contribution < -0.4 is 5.73 Å². The van der Waals surface area contributed by atoms with Gasteiger partial charge >= 0.3 is 0 Å². The van der Waals surface area contributed by atoms with Gasteiger partial charge in [0.05, 0.1) is 11.0 Å². The Morgan fingerprint density at radius 2 is 2.20 bits per heavy atom. The molecular formula is C14H17ClFN3O. The van der Waals surface area contributed by atoms with Gasteiger partial charge in [-0.25, -0.2) is 9.37 Å². The number of halogens is 2. The molecule has 2 rings (SSSR count). The van der Waals surface area contributed by atoms with Gasteiger partial charge in [-0.3, -0.25) is 4.79 Å². The van der Waals surface area contributed by atoms with Crippen LogP contribution in [-0.2, 0) is 16.8 Å². The lowest BCUT2D eigenvalue weighted by Gasteiger charge is -2.28. The summed E-state index contributed by atoms with van der Waals surface area (Å²) < 4.78 is 15.4. The molecule has 0 aliphatic carbocycles. The summed E-state index contributed by atoms with van der Waals surface area (Å²) in [5.41, 5.74) is 6.06. The van der Waals surface area contributed by atoms with E-state index in [4.69, 9.17) is 17.3 Å². The summed E-state index contributed by atoms with van der Waals surface area (Å²) in [4.78, 5) is 15.7. The highest BCUT2D eigenvalue weighted by Gasteiger charge is 2.27. The molecule has 1 amide bonds. The van der Waals surface area contributed by atoms with E-state index in [1.165, 1.54) is 12.1 Å². The number of alkyl halides is 1. The van der Waals surface area contributed by atoms with E-state index in [0.717, 1.165) is 5.82 Å². The van der Waals surface area contributed by atoms with E-state index in [0.29, 0.717) is 23.3 Å². The number of rotatable bonds is 5. The van der Waals surface area contributed by atoms with E-state index in [9.17, 15) is 9.18 Å². The predicted octanol–water partition coefficient (Wildman–Crippen LogP) is 2.57. The second kappa shape index (κ2) is 5.40. The van der Waals surface area contributed by atoms with Crippen molar-refractivity contribution in [3.05, 3.63) is 29.8 Å². The number of imidazole rings is 1. The maximum absolute atomic E-state index is 13.5. The predicted molar refractivity (Wildman–Crippen MR) is 77.2 cm³/mol. The van der Waals surface area contributed by atoms with Crippen molar-refractivity contribution in [1.82, 2.24) is 9.55 Å². The third-order valence-corrected chi connectivity index (χ3v) is 3.41. The van der Waals surface area contributed by atoms with Crippen molar-refractivity contribution in [3.63, 3.8) is 0 Å². The van der Waals surface area contributed by atoms with Crippen LogP contribution in [-0.4, -0.2) is 21.3 Å². The van der Waals surface area contributed by atoms with Crippen molar-refractivity contribution in [2.45, 2.75) is 32.2 Å². The van der Waals surface area contributed by atoms with Crippen LogP contribution in [0.2, 0.25) is 0 Å². The Bertz CT molecular complexity index is 651. The maximum atomic E-state index is 13.5. The SMILES string of the molecule is CC(C)(CC(N)=O)n1c(CCCl)nc2ccc(F)cc21.